The van der Waals surface area contributed by atoms with Gasteiger partial charge in [0, 0.05) is 6.54 Å². The van der Waals surface area contributed by atoms with Gasteiger partial charge < -0.3 is 0 Å². The van der Waals surface area contributed by atoms with E-state index in [1.807, 2.05) is 19.1 Å². The van der Waals surface area contributed by atoms with Gasteiger partial charge in [0.15, 0.2) is 0 Å². The molecule has 2 rings (SSSR count). The zero-order chi connectivity index (χ0) is 16.2. The Balaban J connectivity index is 1.95. The van der Waals surface area contributed by atoms with Crippen LogP contribution in [0.2, 0.25) is 0 Å². The van der Waals surface area contributed by atoms with Crippen molar-refractivity contribution in [3.63, 3.8) is 0 Å². The third-order valence-electron chi connectivity index (χ3n) is 4.50. The number of aryl methyl sites for hydroxylation is 1. The monoisotopic (exact) mass is 321 g/mol. The number of rotatable bonds is 5. The highest BCUT2D eigenvalue weighted by Gasteiger charge is 2.21. The maximum Gasteiger partial charge on any atom is 0.240 e. The number of allylic oxidation sites excluding steroid dienone is 2. The molecule has 4 heteroatoms. The van der Waals surface area contributed by atoms with Gasteiger partial charge in [-0.1, -0.05) is 35.3 Å². The van der Waals surface area contributed by atoms with Gasteiger partial charge in [-0.05, 0) is 64.5 Å². The molecule has 0 spiro atoms. The minimum Gasteiger partial charge on any atom is -0.211 e. The van der Waals surface area contributed by atoms with E-state index in [0.717, 1.165) is 12.0 Å². The van der Waals surface area contributed by atoms with Crippen LogP contribution in [0.4, 0.5) is 0 Å². The van der Waals surface area contributed by atoms with Crippen LogP contribution in [0.25, 0.3) is 0 Å². The van der Waals surface area contributed by atoms with Gasteiger partial charge in [-0.2, -0.15) is 0 Å². The summed E-state index contributed by atoms with van der Waals surface area (Å²) in [5, 5.41) is 0. The third kappa shape index (κ3) is 4.43. The number of benzene rings is 1. The Kier molecular flexibility index (Phi) is 5.81. The lowest BCUT2D eigenvalue weighted by Crippen LogP contribution is -2.27. The van der Waals surface area contributed by atoms with Crippen molar-refractivity contribution in [2.24, 2.45) is 5.92 Å². The van der Waals surface area contributed by atoms with Crippen molar-refractivity contribution < 1.29 is 8.42 Å². The van der Waals surface area contributed by atoms with E-state index in [1.54, 1.807) is 17.7 Å². The molecule has 1 unspecified atom stereocenters. The molecule has 1 N–H and O–H groups in total. The average molecular weight is 321 g/mol. The minimum atomic E-state index is -3.38. The van der Waals surface area contributed by atoms with Crippen molar-refractivity contribution >= 4 is 10.0 Å². The second kappa shape index (κ2) is 7.42. The zero-order valence-corrected chi connectivity index (χ0v) is 14.7. The first kappa shape index (κ1) is 17.2. The summed E-state index contributed by atoms with van der Waals surface area (Å²) >= 11 is 0. The van der Waals surface area contributed by atoms with Crippen LogP contribution in [0.15, 0.2) is 40.3 Å². The first-order chi connectivity index (χ1) is 10.4. The Hall–Kier alpha value is -1.13. The van der Waals surface area contributed by atoms with E-state index in [0.29, 0.717) is 17.4 Å². The van der Waals surface area contributed by atoms with E-state index in [4.69, 9.17) is 0 Å². The fourth-order valence-electron chi connectivity index (χ4n) is 3.23. The minimum absolute atomic E-state index is 0.351. The van der Waals surface area contributed by atoms with E-state index in [2.05, 4.69) is 18.6 Å². The summed E-state index contributed by atoms with van der Waals surface area (Å²) in [7, 11) is -3.38. The van der Waals surface area contributed by atoms with Crippen LogP contribution in [0.5, 0.6) is 0 Å². The van der Waals surface area contributed by atoms with Crippen molar-refractivity contribution in [2.75, 3.05) is 6.54 Å². The van der Waals surface area contributed by atoms with Gasteiger partial charge in [-0.15, -0.1) is 0 Å². The largest absolute Gasteiger partial charge is 0.240 e. The first-order valence-electron chi connectivity index (χ1n) is 8.13. The molecule has 0 amide bonds. The van der Waals surface area contributed by atoms with Crippen LogP contribution in [0, 0.1) is 12.8 Å². The quantitative estimate of drug-likeness (QED) is 0.827. The van der Waals surface area contributed by atoms with Gasteiger partial charge in [0.1, 0.15) is 0 Å². The van der Waals surface area contributed by atoms with Gasteiger partial charge in [-0.25, -0.2) is 13.1 Å². The normalized spacial score (nSPS) is 19.2. The molecular formula is C18H27NO2S. The molecule has 1 atom stereocenters. The Morgan fingerprint density at radius 1 is 1.18 bits per heavy atom. The molecule has 0 aromatic heterocycles. The number of hydrogen-bond donors (Lipinski definition) is 1. The van der Waals surface area contributed by atoms with Gasteiger partial charge >= 0.3 is 0 Å². The summed E-state index contributed by atoms with van der Waals surface area (Å²) in [6.45, 7) is 6.81. The van der Waals surface area contributed by atoms with Crippen LogP contribution in [0.1, 0.15) is 51.5 Å². The highest BCUT2D eigenvalue weighted by atomic mass is 32.2. The molecule has 1 fully saturated rings. The molecule has 0 saturated heterocycles. The van der Waals surface area contributed by atoms with E-state index in [-0.39, 0.29) is 0 Å². The fourth-order valence-corrected chi connectivity index (χ4v) is 4.28. The maximum absolute atomic E-state index is 12.3. The summed E-state index contributed by atoms with van der Waals surface area (Å²) in [5.74, 6) is 0.541. The molecule has 3 nitrogen and oxygen atoms in total. The Labute approximate surface area is 134 Å². The van der Waals surface area contributed by atoms with Crippen molar-refractivity contribution in [3.8, 4) is 0 Å². The molecular weight excluding hydrogens is 294 g/mol. The van der Waals surface area contributed by atoms with Gasteiger partial charge in [0.2, 0.25) is 10.0 Å². The van der Waals surface area contributed by atoms with Gasteiger partial charge in [0.05, 0.1) is 4.90 Å². The summed E-state index contributed by atoms with van der Waals surface area (Å²) in [4.78, 5) is 0.351. The molecule has 1 aromatic rings. The van der Waals surface area contributed by atoms with Crippen LogP contribution >= 0.6 is 0 Å². The highest BCUT2D eigenvalue weighted by molar-refractivity contribution is 7.89. The molecule has 22 heavy (non-hydrogen) atoms. The summed E-state index contributed by atoms with van der Waals surface area (Å²) in [6.07, 6.45) is 5.79. The van der Waals surface area contributed by atoms with Gasteiger partial charge in [0.25, 0.3) is 0 Å². The standard InChI is InChI=1S/C18H27NO2S/c1-14(2)18-7-5-4-6-16(18)12-13-19-22(20,21)17-10-8-15(3)9-11-17/h8-11,16,19H,4-7,12-13H2,1-3H3. The molecule has 0 aliphatic heterocycles. The second-order valence-electron chi connectivity index (χ2n) is 6.47. The van der Waals surface area contributed by atoms with Crippen LogP contribution in [0.3, 0.4) is 0 Å². The Bertz CT molecular complexity index is 626. The molecule has 0 bridgehead atoms. The predicted octanol–water partition coefficient (Wildman–Crippen LogP) is 4.19. The van der Waals surface area contributed by atoms with Gasteiger partial charge in [-0.3, -0.25) is 0 Å². The lowest BCUT2D eigenvalue weighted by Gasteiger charge is -2.27. The molecule has 1 saturated carbocycles. The lowest BCUT2D eigenvalue weighted by molar-refractivity contribution is 0.423. The molecule has 1 aliphatic rings. The summed E-state index contributed by atoms with van der Waals surface area (Å²) < 4.78 is 27.3. The van der Waals surface area contributed by atoms with Crippen LogP contribution in [-0.4, -0.2) is 15.0 Å². The Morgan fingerprint density at radius 3 is 2.50 bits per heavy atom. The fraction of sp³-hybridized carbons (Fsp3) is 0.556. The maximum atomic E-state index is 12.3. The molecule has 0 radical (unpaired) electrons. The van der Waals surface area contributed by atoms with E-state index in [9.17, 15) is 8.42 Å². The van der Waals surface area contributed by atoms with Crippen LogP contribution in [-0.2, 0) is 10.0 Å². The first-order valence-corrected chi connectivity index (χ1v) is 9.61. The van der Waals surface area contributed by atoms with Crippen LogP contribution < -0.4 is 4.72 Å². The zero-order valence-electron chi connectivity index (χ0n) is 13.9. The predicted molar refractivity (Wildman–Crippen MR) is 91.3 cm³/mol. The SMILES string of the molecule is CC(C)=C1CCCCC1CCNS(=O)(=O)c1ccc(C)cc1. The van der Waals surface area contributed by atoms with E-state index >= 15 is 0 Å². The highest BCUT2D eigenvalue weighted by Crippen LogP contribution is 2.33. The van der Waals surface area contributed by atoms with Crippen molar-refractivity contribution in [2.45, 2.75) is 57.8 Å². The molecule has 1 aromatic carbocycles. The topological polar surface area (TPSA) is 46.2 Å². The Morgan fingerprint density at radius 2 is 1.86 bits per heavy atom. The summed E-state index contributed by atoms with van der Waals surface area (Å²) in [6, 6.07) is 6.99. The molecule has 1 aliphatic carbocycles. The third-order valence-corrected chi connectivity index (χ3v) is 5.98. The van der Waals surface area contributed by atoms with Crippen molar-refractivity contribution in [1.82, 2.24) is 4.72 Å². The average Bonchev–Trinajstić information content (AvgIpc) is 2.48. The smallest absolute Gasteiger partial charge is 0.211 e. The van der Waals surface area contributed by atoms with Crippen molar-refractivity contribution in [3.05, 3.63) is 41.0 Å². The van der Waals surface area contributed by atoms with E-state index in [1.165, 1.54) is 31.3 Å². The van der Waals surface area contributed by atoms with Crippen molar-refractivity contribution in [1.29, 1.82) is 0 Å². The molecule has 0 heterocycles. The molecule has 122 valence electrons. The second-order valence-corrected chi connectivity index (χ2v) is 8.23. The lowest BCUT2D eigenvalue weighted by atomic mass is 9.80. The number of sulfonamides is 1. The number of hydrogen-bond acceptors (Lipinski definition) is 2. The van der Waals surface area contributed by atoms with E-state index < -0.39 is 10.0 Å². The summed E-state index contributed by atoms with van der Waals surface area (Å²) in [5.41, 5.74) is 4.02. The number of nitrogens with one attached hydrogen (secondary N) is 1.